The third-order valence-electron chi connectivity index (χ3n) is 5.56. The third kappa shape index (κ3) is 7.51. The number of unbranched alkanes of at least 4 members (excludes halogenated alkanes) is 1. The molecule has 1 saturated heterocycles. The highest BCUT2D eigenvalue weighted by Crippen LogP contribution is 2.23. The van der Waals surface area contributed by atoms with E-state index < -0.39 is 73.0 Å². The summed E-state index contributed by atoms with van der Waals surface area (Å²) < 4.78 is 0. The van der Waals surface area contributed by atoms with Crippen molar-refractivity contribution in [3.63, 3.8) is 0 Å². The van der Waals surface area contributed by atoms with Crippen molar-refractivity contribution >= 4 is 47.3 Å². The Balaban J connectivity index is 2.02. The summed E-state index contributed by atoms with van der Waals surface area (Å²) in [4.78, 5) is 87.4. The molecule has 1 aromatic rings. The lowest BCUT2D eigenvalue weighted by Crippen LogP contribution is -2.63. The average molecular weight is 532 g/mol. The van der Waals surface area contributed by atoms with E-state index >= 15 is 0 Å². The Hall–Kier alpha value is -4.98. The molecule has 202 valence electrons. The maximum absolute atomic E-state index is 12.9. The van der Waals surface area contributed by atoms with E-state index in [-0.39, 0.29) is 36.3 Å². The van der Waals surface area contributed by atoms with Crippen LogP contribution in [0.1, 0.15) is 48.9 Å². The molecule has 2 rings (SSSR count). The van der Waals surface area contributed by atoms with Gasteiger partial charge < -0.3 is 20.6 Å². The number of barbiturate groups is 1. The first-order valence-electron chi connectivity index (χ1n) is 11.3. The van der Waals surface area contributed by atoms with Crippen molar-refractivity contribution in [3.8, 4) is 0 Å². The predicted molar refractivity (Wildman–Crippen MR) is 125 cm³/mol. The van der Waals surface area contributed by atoms with Gasteiger partial charge in [0.15, 0.2) is 0 Å². The number of rotatable bonds is 14. The molecule has 1 fully saturated rings. The van der Waals surface area contributed by atoms with Crippen LogP contribution >= 0.6 is 0 Å². The molecule has 0 radical (unpaired) electrons. The largest absolute Gasteiger partial charge is 0.481 e. The monoisotopic (exact) mass is 532 g/mol. The van der Waals surface area contributed by atoms with Gasteiger partial charge in [-0.15, -0.1) is 0 Å². The average Bonchev–Trinajstić information content (AvgIpc) is 2.84. The molecule has 1 aliphatic heterocycles. The summed E-state index contributed by atoms with van der Waals surface area (Å²) in [6, 6.07) is 0.722. The lowest BCUT2D eigenvalue weighted by Gasteiger charge is -2.38. The van der Waals surface area contributed by atoms with Crippen LogP contribution in [-0.2, 0) is 24.0 Å². The van der Waals surface area contributed by atoms with Gasteiger partial charge in [0.2, 0.25) is 11.8 Å². The van der Waals surface area contributed by atoms with Crippen molar-refractivity contribution in [2.75, 3.05) is 6.54 Å². The summed E-state index contributed by atoms with van der Waals surface area (Å²) in [6.45, 7) is 0.117. The van der Waals surface area contributed by atoms with Crippen LogP contribution in [0.3, 0.4) is 0 Å². The van der Waals surface area contributed by atoms with E-state index in [2.05, 4.69) is 15.3 Å². The zero-order valence-electron chi connectivity index (χ0n) is 19.8. The normalized spacial score (nSPS) is 14.9. The summed E-state index contributed by atoms with van der Waals surface area (Å²) in [7, 11) is 0. The van der Waals surface area contributed by atoms with Gasteiger partial charge in [0.1, 0.15) is 18.5 Å². The van der Waals surface area contributed by atoms with Gasteiger partial charge in [0, 0.05) is 29.1 Å². The van der Waals surface area contributed by atoms with Crippen molar-refractivity contribution in [2.24, 2.45) is 5.11 Å². The first-order chi connectivity index (χ1) is 18.0. The smallest absolute Gasteiger partial charge is 0.335 e. The first kappa shape index (κ1) is 29.3. The van der Waals surface area contributed by atoms with Crippen molar-refractivity contribution in [1.29, 1.82) is 0 Å². The Morgan fingerprint density at radius 2 is 1.47 bits per heavy atom. The fourth-order valence-electron chi connectivity index (χ4n) is 3.73. The van der Waals surface area contributed by atoms with E-state index in [1.54, 1.807) is 0 Å². The summed E-state index contributed by atoms with van der Waals surface area (Å²) in [6.07, 6.45) is -2.15. The van der Waals surface area contributed by atoms with Gasteiger partial charge in [0.05, 0.1) is 0 Å². The lowest BCUT2D eigenvalue weighted by atomic mass is 10.0. The molecular formula is C22H24N6O10. The molecule has 38 heavy (non-hydrogen) atoms. The second-order valence-corrected chi connectivity index (χ2v) is 8.12. The van der Waals surface area contributed by atoms with Crippen LogP contribution in [-0.4, -0.2) is 85.4 Å². The molecule has 4 N–H and O–H groups in total. The Labute approximate surface area is 214 Å². The molecule has 16 heteroatoms. The number of carboxylic acids is 3. The molecule has 0 bridgehead atoms. The van der Waals surface area contributed by atoms with Gasteiger partial charge in [-0.05, 0) is 43.3 Å². The van der Waals surface area contributed by atoms with E-state index in [4.69, 9.17) is 10.6 Å². The quantitative estimate of drug-likeness (QED) is 0.0882. The third-order valence-corrected chi connectivity index (χ3v) is 5.56. The number of aliphatic carboxylic acids is 3. The standard InChI is InChI=1S/C22H24N6O10/c23-26-25-13-6-4-12(5-7-13)19(33)24-10-2-1-3-14(20(34)35)27-16(29)11-17(30)28(22(27)38)15(21(36)37)8-9-18(31)32/h4-7,14-15H,1-3,8-11H2,(H,24,33)(H,31,32)(H,34,35)(H,36,37)/t14-,15-/m0/s1. The van der Waals surface area contributed by atoms with Crippen LogP contribution in [0.5, 0.6) is 0 Å². The second kappa shape index (κ2) is 13.4. The number of carbonyl (C=O) groups excluding carboxylic acids is 4. The number of carboxylic acid groups (broad SMARTS) is 3. The van der Waals surface area contributed by atoms with Gasteiger partial charge in [-0.25, -0.2) is 24.2 Å². The molecule has 0 saturated carbocycles. The number of azide groups is 1. The SMILES string of the molecule is [N-]=[N+]=Nc1ccc(C(=O)NCCCC[C@@H](C(=O)O)N2C(=O)CC(=O)N([C@@H](CCC(=O)O)C(=O)O)C2=O)cc1. The van der Waals surface area contributed by atoms with Gasteiger partial charge >= 0.3 is 23.9 Å². The minimum Gasteiger partial charge on any atom is -0.481 e. The topological polar surface area (TPSA) is 247 Å². The van der Waals surface area contributed by atoms with Gasteiger partial charge in [-0.3, -0.25) is 19.2 Å². The van der Waals surface area contributed by atoms with Crippen LogP contribution < -0.4 is 5.32 Å². The Morgan fingerprint density at radius 3 is 1.97 bits per heavy atom. The van der Waals surface area contributed by atoms with E-state index in [0.717, 1.165) is 0 Å². The van der Waals surface area contributed by atoms with Crippen LogP contribution in [0.2, 0.25) is 0 Å². The van der Waals surface area contributed by atoms with Crippen LogP contribution in [0.25, 0.3) is 10.4 Å². The van der Waals surface area contributed by atoms with E-state index in [1.807, 2.05) is 0 Å². The van der Waals surface area contributed by atoms with Crippen molar-refractivity contribution in [1.82, 2.24) is 15.1 Å². The van der Waals surface area contributed by atoms with Gasteiger partial charge in [-0.2, -0.15) is 0 Å². The number of carbonyl (C=O) groups is 7. The van der Waals surface area contributed by atoms with Crippen molar-refractivity contribution in [2.45, 2.75) is 50.6 Å². The highest BCUT2D eigenvalue weighted by Gasteiger charge is 2.48. The zero-order valence-corrected chi connectivity index (χ0v) is 19.8. The Bertz CT molecular complexity index is 1180. The van der Waals surface area contributed by atoms with Crippen LogP contribution in [0.4, 0.5) is 10.5 Å². The number of hydrogen-bond acceptors (Lipinski definition) is 8. The summed E-state index contributed by atoms with van der Waals surface area (Å²) >= 11 is 0. The molecule has 0 aromatic heterocycles. The number of urea groups is 1. The molecule has 0 aliphatic carbocycles. The highest BCUT2D eigenvalue weighted by molar-refractivity contribution is 6.16. The molecule has 0 unspecified atom stereocenters. The number of hydrogen-bond donors (Lipinski definition) is 4. The molecule has 2 atom stereocenters. The van der Waals surface area contributed by atoms with Crippen molar-refractivity contribution in [3.05, 3.63) is 40.3 Å². The van der Waals surface area contributed by atoms with E-state index in [0.29, 0.717) is 10.6 Å². The second-order valence-electron chi connectivity index (χ2n) is 8.12. The van der Waals surface area contributed by atoms with Gasteiger partial charge in [-0.1, -0.05) is 17.2 Å². The fourth-order valence-corrected chi connectivity index (χ4v) is 3.73. The lowest BCUT2D eigenvalue weighted by molar-refractivity contribution is -0.158. The molecule has 16 nitrogen and oxygen atoms in total. The number of nitrogens with one attached hydrogen (secondary N) is 1. The number of benzene rings is 1. The Kier molecular flexibility index (Phi) is 10.3. The number of nitrogens with zero attached hydrogens (tertiary/aromatic N) is 5. The summed E-state index contributed by atoms with van der Waals surface area (Å²) in [5.74, 6) is -7.36. The first-order valence-corrected chi connectivity index (χ1v) is 11.3. The highest BCUT2D eigenvalue weighted by atomic mass is 16.4. The van der Waals surface area contributed by atoms with E-state index in [1.165, 1.54) is 24.3 Å². The minimum atomic E-state index is -1.90. The van der Waals surface area contributed by atoms with E-state index in [9.17, 15) is 43.8 Å². The fraction of sp³-hybridized carbons (Fsp3) is 0.409. The van der Waals surface area contributed by atoms with Crippen LogP contribution in [0.15, 0.2) is 29.4 Å². The molecule has 1 aliphatic rings. The number of imide groups is 2. The molecule has 5 amide bonds. The minimum absolute atomic E-state index is 0.117. The van der Waals surface area contributed by atoms with Crippen LogP contribution in [0, 0.1) is 0 Å². The maximum atomic E-state index is 12.9. The maximum Gasteiger partial charge on any atom is 0.335 e. The van der Waals surface area contributed by atoms with Gasteiger partial charge in [0.25, 0.3) is 5.91 Å². The molecule has 1 heterocycles. The summed E-state index contributed by atoms with van der Waals surface area (Å²) in [5, 5.41) is 33.9. The number of amides is 5. The molecule has 0 spiro atoms. The zero-order chi connectivity index (χ0) is 28.4. The predicted octanol–water partition coefficient (Wildman–Crippen LogP) is 1.48. The summed E-state index contributed by atoms with van der Waals surface area (Å²) in [5.41, 5.74) is 9.01. The van der Waals surface area contributed by atoms with Crippen molar-refractivity contribution < 1.29 is 48.9 Å². The molecular weight excluding hydrogens is 508 g/mol. The Morgan fingerprint density at radius 1 is 0.921 bits per heavy atom. The molecule has 1 aromatic carbocycles.